The summed E-state index contributed by atoms with van der Waals surface area (Å²) >= 11 is 0. The lowest BCUT2D eigenvalue weighted by Crippen LogP contribution is -2.42. The summed E-state index contributed by atoms with van der Waals surface area (Å²) in [6.07, 6.45) is 2.40. The number of benzene rings is 1. The molecule has 2 amide bonds. The lowest BCUT2D eigenvalue weighted by molar-refractivity contribution is -0.121. The molecule has 1 N–H and O–H groups in total. The van der Waals surface area contributed by atoms with Crippen LogP contribution in [0.4, 0.5) is 5.69 Å². The van der Waals surface area contributed by atoms with E-state index >= 15 is 0 Å². The molecule has 1 aromatic rings. The summed E-state index contributed by atoms with van der Waals surface area (Å²) in [7, 11) is 0. The zero-order valence-electron chi connectivity index (χ0n) is 13.4. The number of anilines is 1. The normalized spacial score (nSPS) is 19.8. The van der Waals surface area contributed by atoms with Crippen molar-refractivity contribution in [3.05, 3.63) is 30.3 Å². The van der Waals surface area contributed by atoms with Crippen LogP contribution in [0.1, 0.15) is 26.2 Å². The molecule has 6 nitrogen and oxygen atoms in total. The van der Waals surface area contributed by atoms with E-state index in [-0.39, 0.29) is 18.2 Å². The summed E-state index contributed by atoms with van der Waals surface area (Å²) in [6.45, 7) is 4.52. The standard InChI is InChI=1S/C17H22N4O2/c1-13-7-9-20(10-8-13)12-16(22)18-15-11-17(23)21(19-15)14-5-3-2-4-6-14/h2-6,13H,7-12H2,1H3,(H,18,19,22). The summed E-state index contributed by atoms with van der Waals surface area (Å²) in [5.41, 5.74) is 0.715. The molecule has 2 heterocycles. The Morgan fingerprint density at radius 3 is 2.65 bits per heavy atom. The van der Waals surface area contributed by atoms with Crippen LogP contribution in [0, 0.1) is 5.92 Å². The number of hydrazone groups is 1. The highest BCUT2D eigenvalue weighted by Gasteiger charge is 2.27. The van der Waals surface area contributed by atoms with E-state index in [1.165, 1.54) is 5.01 Å². The topological polar surface area (TPSA) is 65.0 Å². The van der Waals surface area contributed by atoms with Crippen LogP contribution in [0.3, 0.4) is 0 Å². The highest BCUT2D eigenvalue weighted by Crippen LogP contribution is 2.19. The van der Waals surface area contributed by atoms with Crippen LogP contribution in [0.15, 0.2) is 35.4 Å². The second-order valence-electron chi connectivity index (χ2n) is 6.27. The molecule has 122 valence electrons. The van der Waals surface area contributed by atoms with Gasteiger partial charge < -0.3 is 5.32 Å². The predicted octanol–water partition coefficient (Wildman–Crippen LogP) is 1.58. The molecular formula is C17H22N4O2. The van der Waals surface area contributed by atoms with Gasteiger partial charge in [0.1, 0.15) is 5.84 Å². The number of piperidine rings is 1. The third kappa shape index (κ3) is 3.96. The van der Waals surface area contributed by atoms with E-state index in [0.29, 0.717) is 18.1 Å². The minimum atomic E-state index is -0.127. The van der Waals surface area contributed by atoms with Crippen LogP contribution in [-0.2, 0) is 9.59 Å². The Kier molecular flexibility index (Phi) is 4.71. The lowest BCUT2D eigenvalue weighted by Gasteiger charge is -2.29. The smallest absolute Gasteiger partial charge is 0.255 e. The monoisotopic (exact) mass is 314 g/mol. The zero-order valence-corrected chi connectivity index (χ0v) is 13.4. The fourth-order valence-electron chi connectivity index (χ4n) is 2.89. The van der Waals surface area contributed by atoms with Crippen molar-refractivity contribution in [3.63, 3.8) is 0 Å². The number of likely N-dealkylation sites (tertiary alicyclic amines) is 1. The number of rotatable bonds is 3. The minimum absolute atomic E-state index is 0.0963. The number of nitrogens with one attached hydrogen (secondary N) is 1. The number of hydrogen-bond donors (Lipinski definition) is 1. The highest BCUT2D eigenvalue weighted by atomic mass is 16.2. The Labute approximate surface area is 136 Å². The van der Waals surface area contributed by atoms with Gasteiger partial charge in [-0.3, -0.25) is 14.5 Å². The van der Waals surface area contributed by atoms with Crippen LogP contribution in [0.25, 0.3) is 0 Å². The van der Waals surface area contributed by atoms with E-state index < -0.39 is 0 Å². The van der Waals surface area contributed by atoms with Gasteiger partial charge in [-0.25, -0.2) is 0 Å². The van der Waals surface area contributed by atoms with Crippen molar-refractivity contribution in [2.24, 2.45) is 11.0 Å². The molecule has 0 spiro atoms. The first-order valence-electron chi connectivity index (χ1n) is 8.09. The maximum absolute atomic E-state index is 12.1. The molecular weight excluding hydrogens is 292 g/mol. The summed E-state index contributed by atoms with van der Waals surface area (Å²) < 4.78 is 0. The molecule has 0 unspecified atom stereocenters. The molecule has 0 saturated carbocycles. The summed E-state index contributed by atoms with van der Waals surface area (Å²) in [5.74, 6) is 0.944. The second kappa shape index (κ2) is 6.91. The van der Waals surface area contributed by atoms with Crippen LogP contribution >= 0.6 is 0 Å². The van der Waals surface area contributed by atoms with Gasteiger partial charge in [-0.05, 0) is 44.0 Å². The number of amidine groups is 1. The van der Waals surface area contributed by atoms with Gasteiger partial charge in [-0.2, -0.15) is 10.1 Å². The molecule has 2 aliphatic rings. The zero-order chi connectivity index (χ0) is 16.2. The number of amides is 2. The second-order valence-corrected chi connectivity index (χ2v) is 6.27. The number of nitrogens with zero attached hydrogens (tertiary/aromatic N) is 3. The van der Waals surface area contributed by atoms with Crippen molar-refractivity contribution in [2.45, 2.75) is 26.2 Å². The summed E-state index contributed by atoms with van der Waals surface area (Å²) in [5, 5.41) is 8.35. The van der Waals surface area contributed by atoms with Crippen molar-refractivity contribution in [2.75, 3.05) is 24.6 Å². The molecule has 0 atom stereocenters. The molecule has 3 rings (SSSR count). The highest BCUT2D eigenvalue weighted by molar-refractivity contribution is 6.15. The molecule has 0 aliphatic carbocycles. The van der Waals surface area contributed by atoms with Gasteiger partial charge in [0, 0.05) is 0 Å². The Morgan fingerprint density at radius 2 is 1.96 bits per heavy atom. The fraction of sp³-hybridized carbons (Fsp3) is 0.471. The van der Waals surface area contributed by atoms with E-state index in [0.717, 1.165) is 31.8 Å². The molecule has 0 aromatic heterocycles. The first-order valence-corrected chi connectivity index (χ1v) is 8.09. The van der Waals surface area contributed by atoms with Crippen molar-refractivity contribution in [1.29, 1.82) is 0 Å². The number of para-hydroxylation sites is 1. The van der Waals surface area contributed by atoms with Gasteiger partial charge in [0.05, 0.1) is 18.7 Å². The Balaban J connectivity index is 1.55. The molecule has 0 bridgehead atoms. The largest absolute Gasteiger partial charge is 0.311 e. The quantitative estimate of drug-likeness (QED) is 0.921. The molecule has 1 saturated heterocycles. The van der Waals surface area contributed by atoms with E-state index in [1.54, 1.807) is 0 Å². The van der Waals surface area contributed by atoms with E-state index in [1.807, 2.05) is 30.3 Å². The molecule has 1 fully saturated rings. The van der Waals surface area contributed by atoms with Crippen molar-refractivity contribution < 1.29 is 9.59 Å². The molecule has 1 aromatic carbocycles. The Morgan fingerprint density at radius 1 is 1.26 bits per heavy atom. The maximum atomic E-state index is 12.1. The first-order chi connectivity index (χ1) is 11.1. The minimum Gasteiger partial charge on any atom is -0.311 e. The molecule has 2 aliphatic heterocycles. The van der Waals surface area contributed by atoms with E-state index in [2.05, 4.69) is 22.2 Å². The van der Waals surface area contributed by atoms with Crippen molar-refractivity contribution in [1.82, 2.24) is 10.2 Å². The SMILES string of the molecule is CC1CCN(CC(=O)NC2=NN(c3ccccc3)C(=O)C2)CC1. The predicted molar refractivity (Wildman–Crippen MR) is 89.0 cm³/mol. The summed E-state index contributed by atoms with van der Waals surface area (Å²) in [6, 6.07) is 9.23. The average molecular weight is 314 g/mol. The van der Waals surface area contributed by atoms with Gasteiger partial charge in [0.15, 0.2) is 0 Å². The van der Waals surface area contributed by atoms with Crippen LogP contribution in [0.2, 0.25) is 0 Å². The third-order valence-electron chi connectivity index (χ3n) is 4.30. The number of carbonyl (C=O) groups excluding carboxylic acids is 2. The number of carbonyl (C=O) groups is 2. The lowest BCUT2D eigenvalue weighted by atomic mass is 9.99. The van der Waals surface area contributed by atoms with Gasteiger partial charge in [0.25, 0.3) is 5.91 Å². The van der Waals surface area contributed by atoms with Gasteiger partial charge >= 0.3 is 0 Å². The van der Waals surface area contributed by atoms with Crippen molar-refractivity contribution >= 4 is 23.3 Å². The average Bonchev–Trinajstić information content (AvgIpc) is 2.91. The molecule has 0 radical (unpaired) electrons. The van der Waals surface area contributed by atoms with Gasteiger partial charge in [-0.1, -0.05) is 25.1 Å². The maximum Gasteiger partial charge on any atom is 0.255 e. The Bertz CT molecular complexity index is 606. The van der Waals surface area contributed by atoms with Gasteiger partial charge in [-0.15, -0.1) is 0 Å². The van der Waals surface area contributed by atoms with E-state index in [9.17, 15) is 9.59 Å². The van der Waals surface area contributed by atoms with E-state index in [4.69, 9.17) is 0 Å². The first kappa shape index (κ1) is 15.7. The van der Waals surface area contributed by atoms with Crippen LogP contribution < -0.4 is 10.3 Å². The number of hydrogen-bond acceptors (Lipinski definition) is 4. The third-order valence-corrected chi connectivity index (χ3v) is 4.30. The van der Waals surface area contributed by atoms with Crippen LogP contribution in [0.5, 0.6) is 0 Å². The summed E-state index contributed by atoms with van der Waals surface area (Å²) in [4.78, 5) is 26.3. The fourth-order valence-corrected chi connectivity index (χ4v) is 2.89. The molecule has 6 heteroatoms. The van der Waals surface area contributed by atoms with Crippen LogP contribution in [-0.4, -0.2) is 42.2 Å². The van der Waals surface area contributed by atoms with Gasteiger partial charge in [0.2, 0.25) is 5.91 Å². The molecule has 23 heavy (non-hydrogen) atoms. The van der Waals surface area contributed by atoms with Crippen molar-refractivity contribution in [3.8, 4) is 0 Å². The Hall–Kier alpha value is -2.21.